The van der Waals surface area contributed by atoms with Crippen molar-refractivity contribution in [1.29, 1.82) is 0 Å². The molecule has 2 aromatic rings. The van der Waals surface area contributed by atoms with Gasteiger partial charge in [-0.05, 0) is 31.4 Å². The zero-order valence-electron chi connectivity index (χ0n) is 13.5. The van der Waals surface area contributed by atoms with Crippen LogP contribution < -0.4 is 10.2 Å². The van der Waals surface area contributed by atoms with Crippen molar-refractivity contribution in [3.8, 4) is 0 Å². The van der Waals surface area contributed by atoms with Gasteiger partial charge in [-0.1, -0.05) is 6.07 Å². The number of hydrogen-bond donors (Lipinski definition) is 2. The molecule has 1 unspecified atom stereocenters. The summed E-state index contributed by atoms with van der Waals surface area (Å²) in [6.45, 7) is 5.07. The highest BCUT2D eigenvalue weighted by Crippen LogP contribution is 2.24. The minimum atomic E-state index is 0.114. The van der Waals surface area contributed by atoms with E-state index in [1.54, 1.807) is 17.5 Å². The van der Waals surface area contributed by atoms with E-state index in [0.717, 1.165) is 48.9 Å². The number of hydrogen-bond acceptors (Lipinski definition) is 6. The maximum Gasteiger partial charge on any atom is 0.185 e. The van der Waals surface area contributed by atoms with E-state index in [-0.39, 0.29) is 12.5 Å². The first-order valence-electron chi connectivity index (χ1n) is 8.17. The van der Waals surface area contributed by atoms with E-state index in [0.29, 0.717) is 6.04 Å². The average molecular weight is 332 g/mol. The van der Waals surface area contributed by atoms with Gasteiger partial charge in [0.15, 0.2) is 5.13 Å². The Hall–Kier alpha value is -1.50. The van der Waals surface area contributed by atoms with Crippen LogP contribution in [-0.2, 0) is 0 Å². The number of thiazole rings is 1. The molecule has 3 rings (SSSR count). The van der Waals surface area contributed by atoms with Crippen molar-refractivity contribution in [3.63, 3.8) is 0 Å². The van der Waals surface area contributed by atoms with Crippen LogP contribution in [0.25, 0.3) is 0 Å². The molecular formula is C17H24N4OS. The van der Waals surface area contributed by atoms with E-state index in [1.165, 1.54) is 0 Å². The smallest absolute Gasteiger partial charge is 0.185 e. The number of piperidine rings is 1. The Morgan fingerprint density at radius 2 is 2.26 bits per heavy atom. The predicted molar refractivity (Wildman–Crippen MR) is 94.2 cm³/mol. The van der Waals surface area contributed by atoms with Crippen molar-refractivity contribution in [2.75, 3.05) is 31.1 Å². The first-order valence-corrected chi connectivity index (χ1v) is 9.05. The fraction of sp³-hybridized carbons (Fsp3) is 0.529. The van der Waals surface area contributed by atoms with Crippen molar-refractivity contribution in [2.24, 2.45) is 0 Å². The van der Waals surface area contributed by atoms with Crippen molar-refractivity contribution >= 4 is 16.5 Å². The number of anilines is 1. The number of rotatable bonds is 6. The summed E-state index contributed by atoms with van der Waals surface area (Å²) < 4.78 is 0. The Balaban J connectivity index is 1.47. The molecule has 0 spiro atoms. The van der Waals surface area contributed by atoms with Gasteiger partial charge in [0.1, 0.15) is 0 Å². The van der Waals surface area contributed by atoms with Crippen LogP contribution in [0.5, 0.6) is 0 Å². The van der Waals surface area contributed by atoms with Crippen molar-refractivity contribution < 1.29 is 5.11 Å². The van der Waals surface area contributed by atoms with E-state index in [1.807, 2.05) is 25.3 Å². The fourth-order valence-electron chi connectivity index (χ4n) is 2.98. The third-order valence-corrected chi connectivity index (χ3v) is 5.42. The molecule has 0 radical (unpaired) electrons. The van der Waals surface area contributed by atoms with Gasteiger partial charge >= 0.3 is 0 Å². The van der Waals surface area contributed by atoms with Gasteiger partial charge in [0.05, 0.1) is 12.3 Å². The molecule has 3 heterocycles. The van der Waals surface area contributed by atoms with Gasteiger partial charge in [0.2, 0.25) is 0 Å². The second kappa shape index (κ2) is 7.86. The number of pyridine rings is 1. The Kier molecular flexibility index (Phi) is 5.59. The summed E-state index contributed by atoms with van der Waals surface area (Å²) in [7, 11) is 0. The number of aliphatic hydroxyl groups is 1. The Morgan fingerprint density at radius 3 is 2.87 bits per heavy atom. The summed E-state index contributed by atoms with van der Waals surface area (Å²) in [6.07, 6.45) is 5.84. The molecule has 0 aliphatic carbocycles. The molecule has 1 fully saturated rings. The fourth-order valence-corrected chi connectivity index (χ4v) is 3.83. The molecule has 0 bridgehead atoms. The van der Waals surface area contributed by atoms with Gasteiger partial charge in [-0.25, -0.2) is 4.98 Å². The van der Waals surface area contributed by atoms with E-state index in [4.69, 9.17) is 0 Å². The summed E-state index contributed by atoms with van der Waals surface area (Å²) in [5.41, 5.74) is 2.20. The molecular weight excluding hydrogens is 308 g/mol. The number of aryl methyl sites for hydroxylation is 1. The van der Waals surface area contributed by atoms with Crippen LogP contribution in [0.1, 0.15) is 30.0 Å². The van der Waals surface area contributed by atoms with E-state index < -0.39 is 0 Å². The Bertz CT molecular complexity index is 596. The maximum absolute atomic E-state index is 9.62. The van der Waals surface area contributed by atoms with Crippen LogP contribution in [0.2, 0.25) is 0 Å². The van der Waals surface area contributed by atoms with Crippen LogP contribution >= 0.6 is 11.3 Å². The lowest BCUT2D eigenvalue weighted by atomic mass is 10.00. The molecule has 2 N–H and O–H groups in total. The molecule has 0 amide bonds. The highest BCUT2D eigenvalue weighted by Gasteiger charge is 2.22. The zero-order chi connectivity index (χ0) is 16.1. The summed E-state index contributed by atoms with van der Waals surface area (Å²) in [5, 5.41) is 16.5. The van der Waals surface area contributed by atoms with Gasteiger partial charge < -0.3 is 15.3 Å². The van der Waals surface area contributed by atoms with Crippen LogP contribution in [0.15, 0.2) is 29.9 Å². The lowest BCUT2D eigenvalue weighted by molar-refractivity contribution is 0.255. The Morgan fingerprint density at radius 1 is 1.43 bits per heavy atom. The lowest BCUT2D eigenvalue weighted by Gasteiger charge is -2.33. The van der Waals surface area contributed by atoms with Crippen LogP contribution in [0, 0.1) is 6.92 Å². The van der Waals surface area contributed by atoms with Crippen LogP contribution in [0.4, 0.5) is 5.13 Å². The number of aromatic nitrogens is 2. The number of nitrogens with zero attached hydrogens (tertiary/aromatic N) is 3. The summed E-state index contributed by atoms with van der Waals surface area (Å²) in [5.74, 6) is 0.114. The Labute approximate surface area is 141 Å². The predicted octanol–water partition coefficient (Wildman–Crippen LogP) is 2.18. The number of nitrogens with one attached hydrogen (secondary N) is 1. The first kappa shape index (κ1) is 16.4. The highest BCUT2D eigenvalue weighted by atomic mass is 32.1. The third-order valence-electron chi connectivity index (χ3n) is 4.40. The summed E-state index contributed by atoms with van der Waals surface area (Å²) in [4.78, 5) is 11.1. The normalized spacial score (nSPS) is 17.4. The van der Waals surface area contributed by atoms with Crippen molar-refractivity contribution in [1.82, 2.24) is 15.3 Å². The standard InChI is InChI=1S/C17H24N4OS/c1-13-12-23-17(20-13)21-7-4-16(5-8-21)19-10-15(11-22)14-3-2-6-18-9-14/h2-3,6,9,12,15-16,19,22H,4-5,7-8,10-11H2,1H3. The average Bonchev–Trinajstić information content (AvgIpc) is 3.03. The molecule has 0 saturated carbocycles. The molecule has 1 saturated heterocycles. The molecule has 1 atom stereocenters. The zero-order valence-corrected chi connectivity index (χ0v) is 14.3. The third kappa shape index (κ3) is 4.28. The quantitative estimate of drug-likeness (QED) is 0.849. The van der Waals surface area contributed by atoms with Gasteiger partial charge in [-0.3, -0.25) is 4.98 Å². The molecule has 5 nitrogen and oxygen atoms in total. The van der Waals surface area contributed by atoms with Gasteiger partial charge in [-0.15, -0.1) is 11.3 Å². The van der Waals surface area contributed by atoms with E-state index >= 15 is 0 Å². The van der Waals surface area contributed by atoms with Crippen LogP contribution in [-0.4, -0.2) is 47.4 Å². The largest absolute Gasteiger partial charge is 0.396 e. The van der Waals surface area contributed by atoms with Gasteiger partial charge in [-0.2, -0.15) is 0 Å². The highest BCUT2D eigenvalue weighted by molar-refractivity contribution is 7.13. The monoisotopic (exact) mass is 332 g/mol. The van der Waals surface area contributed by atoms with E-state index in [9.17, 15) is 5.11 Å². The molecule has 1 aliphatic rings. The second-order valence-electron chi connectivity index (χ2n) is 6.11. The summed E-state index contributed by atoms with van der Waals surface area (Å²) in [6, 6.07) is 4.47. The summed E-state index contributed by atoms with van der Waals surface area (Å²) >= 11 is 1.73. The van der Waals surface area contributed by atoms with Gasteiger partial charge in [0, 0.05) is 49.4 Å². The topological polar surface area (TPSA) is 61.3 Å². The minimum Gasteiger partial charge on any atom is -0.396 e. The lowest BCUT2D eigenvalue weighted by Crippen LogP contribution is -2.44. The van der Waals surface area contributed by atoms with E-state index in [2.05, 4.69) is 25.6 Å². The second-order valence-corrected chi connectivity index (χ2v) is 6.94. The van der Waals surface area contributed by atoms with Gasteiger partial charge in [0.25, 0.3) is 0 Å². The molecule has 0 aromatic carbocycles. The first-order chi connectivity index (χ1) is 11.3. The molecule has 2 aromatic heterocycles. The molecule has 1 aliphatic heterocycles. The number of aliphatic hydroxyl groups excluding tert-OH is 1. The SMILES string of the molecule is Cc1csc(N2CCC(NCC(CO)c3cccnc3)CC2)n1. The molecule has 124 valence electrons. The molecule has 6 heteroatoms. The van der Waals surface area contributed by atoms with Crippen molar-refractivity contribution in [2.45, 2.75) is 31.7 Å². The van der Waals surface area contributed by atoms with Crippen molar-refractivity contribution in [3.05, 3.63) is 41.2 Å². The van der Waals surface area contributed by atoms with Crippen LogP contribution in [0.3, 0.4) is 0 Å². The minimum absolute atomic E-state index is 0.114. The molecule has 23 heavy (non-hydrogen) atoms. The maximum atomic E-state index is 9.62.